The molecule has 1 fully saturated rings. The van der Waals surface area contributed by atoms with E-state index in [0.29, 0.717) is 11.1 Å². The first-order valence-corrected chi connectivity index (χ1v) is 10.7. The van der Waals surface area contributed by atoms with E-state index < -0.39 is 75.9 Å². The smallest absolute Gasteiger partial charge is 0.255 e. The largest absolute Gasteiger partial charge is 0.508 e. The maximum atomic E-state index is 13.6. The quantitative estimate of drug-likeness (QED) is 0.341. The third-order valence-corrected chi connectivity index (χ3v) is 7.31. The number of hydrogen-bond donors (Lipinski definition) is 6. The van der Waals surface area contributed by atoms with Crippen molar-refractivity contribution in [1.29, 1.82) is 0 Å². The zero-order valence-corrected chi connectivity index (χ0v) is 18.7. The van der Waals surface area contributed by atoms with Crippen molar-refractivity contribution in [1.82, 2.24) is 0 Å². The van der Waals surface area contributed by atoms with Gasteiger partial charge in [0.25, 0.3) is 5.91 Å². The fourth-order valence-electron chi connectivity index (χ4n) is 5.60. The maximum Gasteiger partial charge on any atom is 0.255 e. The van der Waals surface area contributed by atoms with E-state index >= 15 is 0 Å². The van der Waals surface area contributed by atoms with Crippen LogP contribution in [0.3, 0.4) is 0 Å². The van der Waals surface area contributed by atoms with Crippen molar-refractivity contribution in [3.8, 4) is 5.75 Å². The highest BCUT2D eigenvalue weighted by molar-refractivity contribution is 6.23. The van der Waals surface area contributed by atoms with Gasteiger partial charge in [-0.05, 0) is 16.9 Å². The van der Waals surface area contributed by atoms with Crippen LogP contribution in [0.4, 0.5) is 0 Å². The van der Waals surface area contributed by atoms with Crippen LogP contribution in [0.25, 0.3) is 5.76 Å². The lowest BCUT2D eigenvalue weighted by Crippen LogP contribution is -2.63. The van der Waals surface area contributed by atoms with Crippen molar-refractivity contribution >= 4 is 23.2 Å². The highest BCUT2D eigenvalue weighted by atomic mass is 16.4. The van der Waals surface area contributed by atoms with Gasteiger partial charge in [-0.1, -0.05) is 39.8 Å². The van der Waals surface area contributed by atoms with Crippen LogP contribution in [0.1, 0.15) is 56.7 Å². The monoisotopic (exact) mass is 457 g/mol. The third kappa shape index (κ3) is 2.82. The molecule has 5 atom stereocenters. The number of carbonyl (C=O) groups excluding carboxylic acids is 3. The summed E-state index contributed by atoms with van der Waals surface area (Å²) in [5.41, 5.74) is 1.57. The molecule has 7 N–H and O–H groups in total. The highest BCUT2D eigenvalue weighted by Gasteiger charge is 2.64. The molecule has 33 heavy (non-hydrogen) atoms. The summed E-state index contributed by atoms with van der Waals surface area (Å²) in [5, 5.41) is 55.3. The molecule has 0 aliphatic heterocycles. The summed E-state index contributed by atoms with van der Waals surface area (Å²) in [6.45, 7) is 7.29. The average molecular weight is 457 g/mol. The summed E-state index contributed by atoms with van der Waals surface area (Å²) in [7, 11) is 0. The number of aromatic hydroxyl groups is 1. The number of primary amides is 1. The van der Waals surface area contributed by atoms with Crippen molar-refractivity contribution in [2.45, 2.75) is 57.2 Å². The fraction of sp³-hybridized carbons (Fsp3) is 0.458. The standard InChI is InChI=1S/C24H27NO8/c1-8-9-5-6-10(23(2,3)4)17(27)14(9)19(29)16-13(8)18(28)11-7-12(26)15(22(25)32)20(30)24(11,33)21(16)31/h5-6,8,11,13,18,27-30,33H,7H2,1-4H3,(H2,25,32)/t8-,11+,13+,18+,24+/m0/s1. The van der Waals surface area contributed by atoms with E-state index in [1.165, 1.54) is 0 Å². The van der Waals surface area contributed by atoms with Crippen LogP contribution in [0.15, 0.2) is 29.0 Å². The summed E-state index contributed by atoms with van der Waals surface area (Å²) < 4.78 is 0. The van der Waals surface area contributed by atoms with E-state index in [1.54, 1.807) is 19.1 Å². The summed E-state index contributed by atoms with van der Waals surface area (Å²) in [5.74, 6) is -8.52. The molecule has 4 rings (SSSR count). The zero-order chi connectivity index (χ0) is 24.8. The van der Waals surface area contributed by atoms with Gasteiger partial charge < -0.3 is 31.3 Å². The molecule has 9 nitrogen and oxygen atoms in total. The molecule has 0 unspecified atom stereocenters. The number of phenols is 1. The van der Waals surface area contributed by atoms with E-state index in [4.69, 9.17) is 5.73 Å². The first-order valence-electron chi connectivity index (χ1n) is 10.7. The Kier molecular flexibility index (Phi) is 4.82. The lowest BCUT2D eigenvalue weighted by molar-refractivity contribution is -0.160. The minimum absolute atomic E-state index is 0.00857. The second kappa shape index (κ2) is 6.91. The van der Waals surface area contributed by atoms with Crippen LogP contribution in [0.5, 0.6) is 5.75 Å². The molecule has 0 heterocycles. The topological polar surface area (TPSA) is 178 Å². The average Bonchev–Trinajstić information content (AvgIpc) is 2.69. The van der Waals surface area contributed by atoms with E-state index in [2.05, 4.69) is 0 Å². The van der Waals surface area contributed by atoms with Crippen molar-refractivity contribution in [2.24, 2.45) is 17.6 Å². The van der Waals surface area contributed by atoms with Gasteiger partial charge in [0.05, 0.1) is 11.7 Å². The van der Waals surface area contributed by atoms with Crippen LogP contribution >= 0.6 is 0 Å². The zero-order valence-electron chi connectivity index (χ0n) is 18.7. The molecule has 1 aromatic carbocycles. The van der Waals surface area contributed by atoms with Gasteiger partial charge in [-0.3, -0.25) is 14.4 Å². The summed E-state index contributed by atoms with van der Waals surface area (Å²) in [4.78, 5) is 37.7. The van der Waals surface area contributed by atoms with Crippen LogP contribution in [0.2, 0.25) is 0 Å². The highest BCUT2D eigenvalue weighted by Crippen LogP contribution is 2.56. The number of aliphatic hydroxyl groups excluding tert-OH is 3. The molecule has 9 heteroatoms. The second-order valence-corrected chi connectivity index (χ2v) is 10.2. The summed E-state index contributed by atoms with van der Waals surface area (Å²) >= 11 is 0. The summed E-state index contributed by atoms with van der Waals surface area (Å²) in [6, 6.07) is 3.42. The van der Waals surface area contributed by atoms with E-state index in [1.807, 2.05) is 20.8 Å². The molecule has 1 aromatic rings. The number of phenolic OH excluding ortho intramolecular Hbond substituents is 1. The Morgan fingerprint density at radius 2 is 1.76 bits per heavy atom. The Bertz CT molecular complexity index is 1190. The number of carbonyl (C=O) groups is 3. The lowest BCUT2D eigenvalue weighted by Gasteiger charge is -2.50. The van der Waals surface area contributed by atoms with Gasteiger partial charge in [0, 0.05) is 29.4 Å². The molecule has 3 aliphatic rings. The Labute approximate surface area is 189 Å². The van der Waals surface area contributed by atoms with Gasteiger partial charge >= 0.3 is 0 Å². The Morgan fingerprint density at radius 3 is 2.30 bits per heavy atom. The van der Waals surface area contributed by atoms with Gasteiger partial charge in [-0.15, -0.1) is 0 Å². The van der Waals surface area contributed by atoms with Gasteiger partial charge in [0.1, 0.15) is 22.8 Å². The normalized spacial score (nSPS) is 31.8. The fourth-order valence-corrected chi connectivity index (χ4v) is 5.60. The number of ketones is 2. The molecule has 0 saturated heterocycles. The van der Waals surface area contributed by atoms with Gasteiger partial charge in [0.2, 0.25) is 5.78 Å². The second-order valence-electron chi connectivity index (χ2n) is 10.2. The maximum absolute atomic E-state index is 13.6. The minimum Gasteiger partial charge on any atom is -0.508 e. The number of hydrogen-bond acceptors (Lipinski definition) is 8. The van der Waals surface area contributed by atoms with Crippen LogP contribution in [-0.4, -0.2) is 54.7 Å². The molecule has 0 spiro atoms. The Morgan fingerprint density at radius 1 is 1.15 bits per heavy atom. The van der Waals surface area contributed by atoms with Gasteiger partial charge in [-0.25, -0.2) is 0 Å². The molecule has 3 aliphatic carbocycles. The number of rotatable bonds is 1. The molecule has 0 aromatic heterocycles. The van der Waals surface area contributed by atoms with Crippen molar-refractivity contribution < 1.29 is 39.9 Å². The SMILES string of the molecule is C[C@H]1c2ccc(C(C)(C)C)c(O)c2C(O)=C2C(=O)[C@]3(O)C(O)=C(C(N)=O)C(=O)C[C@@H]3[C@@H](O)[C@@H]21. The number of amides is 1. The molecule has 1 saturated carbocycles. The van der Waals surface area contributed by atoms with Gasteiger partial charge in [0.15, 0.2) is 11.4 Å². The van der Waals surface area contributed by atoms with Crippen LogP contribution in [-0.2, 0) is 19.8 Å². The van der Waals surface area contributed by atoms with E-state index in [9.17, 15) is 39.9 Å². The Hall–Kier alpha value is -3.17. The molecule has 0 radical (unpaired) electrons. The molecule has 0 bridgehead atoms. The predicted molar refractivity (Wildman–Crippen MR) is 116 cm³/mol. The van der Waals surface area contributed by atoms with Crippen molar-refractivity contribution in [2.75, 3.05) is 0 Å². The van der Waals surface area contributed by atoms with Crippen LogP contribution in [0, 0.1) is 11.8 Å². The number of nitrogens with two attached hydrogens (primary N) is 1. The third-order valence-electron chi connectivity index (χ3n) is 7.31. The van der Waals surface area contributed by atoms with Gasteiger partial charge in [-0.2, -0.15) is 0 Å². The number of benzene rings is 1. The first kappa shape index (κ1) is 23.0. The minimum atomic E-state index is -2.83. The molecular weight excluding hydrogens is 430 g/mol. The number of Topliss-reactive ketones (excluding diaryl/α,β-unsaturated/α-hetero) is 2. The van der Waals surface area contributed by atoms with E-state index in [-0.39, 0.29) is 16.9 Å². The number of fused-ring (bicyclic) bond motifs is 3. The van der Waals surface area contributed by atoms with Crippen molar-refractivity contribution in [3.63, 3.8) is 0 Å². The molecular formula is C24H27NO8. The lowest BCUT2D eigenvalue weighted by atomic mass is 9.55. The van der Waals surface area contributed by atoms with Crippen molar-refractivity contribution in [3.05, 3.63) is 45.7 Å². The first-order chi connectivity index (χ1) is 15.2. The Balaban J connectivity index is 2.02. The van der Waals surface area contributed by atoms with Crippen LogP contribution < -0.4 is 5.73 Å². The van der Waals surface area contributed by atoms with E-state index in [0.717, 1.165) is 0 Å². The molecule has 1 amide bonds. The number of aliphatic hydroxyl groups is 4. The summed E-state index contributed by atoms with van der Waals surface area (Å²) in [6.07, 6.45) is -2.12. The molecule has 176 valence electrons. The predicted octanol–water partition coefficient (Wildman–Crippen LogP) is 1.25.